The highest BCUT2D eigenvalue weighted by molar-refractivity contribution is 5.72. The van der Waals surface area contributed by atoms with Gasteiger partial charge in [0.25, 0.3) is 0 Å². The Hall–Kier alpha value is -2.33. The van der Waals surface area contributed by atoms with Crippen molar-refractivity contribution in [1.82, 2.24) is 4.90 Å². The summed E-state index contributed by atoms with van der Waals surface area (Å²) in [6.45, 7) is 3.98. The number of hydrogen-bond acceptors (Lipinski definition) is 4. The number of carbonyl (C=O) groups is 1. The highest BCUT2D eigenvalue weighted by atomic mass is 19.4. The Labute approximate surface area is 206 Å². The second-order valence-electron chi connectivity index (χ2n) is 9.15. The summed E-state index contributed by atoms with van der Waals surface area (Å²) in [4.78, 5) is 14.3. The molecule has 0 radical (unpaired) electrons. The number of likely N-dealkylation sites (tertiary alicyclic amines) is 1. The summed E-state index contributed by atoms with van der Waals surface area (Å²) in [6.07, 6.45) is -0.922. The Morgan fingerprint density at radius 1 is 1.06 bits per heavy atom. The third kappa shape index (κ3) is 6.70. The first kappa shape index (κ1) is 28.2. The van der Waals surface area contributed by atoms with Crippen molar-refractivity contribution in [2.45, 2.75) is 69.9 Å². The molecule has 2 aliphatic rings. The molecule has 0 amide bonds. The first-order valence-corrected chi connectivity index (χ1v) is 12.1. The van der Waals surface area contributed by atoms with Crippen molar-refractivity contribution >= 4 is 5.97 Å². The van der Waals surface area contributed by atoms with E-state index in [1.165, 1.54) is 6.92 Å². The molecule has 200 valence electrons. The topological polar surface area (TPSA) is 38.8 Å². The lowest BCUT2D eigenvalue weighted by Gasteiger charge is -2.48. The Morgan fingerprint density at radius 2 is 1.72 bits per heavy atom. The standard InChI is InChI=1S/C26H31F6NO3/c1-3-35-23(34)16-33-12-8-7-11-24(33,20-9-5-4-6-10-20)17-36-18(2)19-13-21(25(27,28)29)15-22(14-19)26(30,31)32/h5,9-10,13-15,18H,3-4,6-8,11-12,16-17H2,1-2H3/t18?,24-/m1/s1. The lowest BCUT2D eigenvalue weighted by atomic mass is 9.78. The fourth-order valence-corrected chi connectivity index (χ4v) is 4.79. The van der Waals surface area contributed by atoms with Crippen LogP contribution in [0.3, 0.4) is 0 Å². The van der Waals surface area contributed by atoms with Crippen molar-refractivity contribution in [3.63, 3.8) is 0 Å². The third-order valence-corrected chi connectivity index (χ3v) is 6.68. The van der Waals surface area contributed by atoms with Crippen molar-refractivity contribution < 1.29 is 40.6 Å². The molecule has 10 heteroatoms. The number of piperidine rings is 1. The van der Waals surface area contributed by atoms with Crippen LogP contribution in [0.25, 0.3) is 0 Å². The van der Waals surface area contributed by atoms with Gasteiger partial charge >= 0.3 is 18.3 Å². The molecule has 1 aliphatic carbocycles. The number of allylic oxidation sites excluding steroid dienone is 2. The van der Waals surface area contributed by atoms with E-state index in [9.17, 15) is 31.1 Å². The minimum absolute atomic E-state index is 0.00133. The number of ether oxygens (including phenoxy) is 2. The Bertz CT molecular complexity index is 953. The van der Waals surface area contributed by atoms with Crippen LogP contribution in [0.15, 0.2) is 42.0 Å². The van der Waals surface area contributed by atoms with E-state index in [1.807, 2.05) is 17.1 Å². The predicted molar refractivity (Wildman–Crippen MR) is 122 cm³/mol. The number of benzene rings is 1. The summed E-state index contributed by atoms with van der Waals surface area (Å²) in [5, 5.41) is 0. The molecule has 1 fully saturated rings. The number of halogens is 6. The molecule has 0 N–H and O–H groups in total. The molecular weight excluding hydrogens is 488 g/mol. The van der Waals surface area contributed by atoms with Crippen LogP contribution < -0.4 is 0 Å². The molecule has 1 aromatic rings. The monoisotopic (exact) mass is 519 g/mol. The minimum Gasteiger partial charge on any atom is -0.465 e. The number of carbonyl (C=O) groups excluding carboxylic acids is 1. The van der Waals surface area contributed by atoms with E-state index in [0.717, 1.165) is 31.3 Å². The normalized spacial score (nSPS) is 22.3. The SMILES string of the molecule is CCOC(=O)CN1CCCC[C@@]1(COC(C)c1cc(C(F)(F)F)cc(C(F)(F)F)c1)C1=CCCC=C1. The van der Waals surface area contributed by atoms with Crippen LogP contribution in [0.2, 0.25) is 0 Å². The smallest absolute Gasteiger partial charge is 0.416 e. The number of nitrogens with zero attached hydrogens (tertiary/aromatic N) is 1. The molecule has 36 heavy (non-hydrogen) atoms. The van der Waals surface area contributed by atoms with E-state index in [4.69, 9.17) is 9.47 Å². The van der Waals surface area contributed by atoms with Gasteiger partial charge in [0, 0.05) is 0 Å². The van der Waals surface area contributed by atoms with Gasteiger partial charge in [0.2, 0.25) is 0 Å². The van der Waals surface area contributed by atoms with Gasteiger partial charge in [-0.05, 0) is 81.8 Å². The fraction of sp³-hybridized carbons (Fsp3) is 0.577. The molecular formula is C26H31F6NO3. The zero-order valence-electron chi connectivity index (χ0n) is 20.3. The molecule has 1 saturated heterocycles. The number of alkyl halides is 6. The van der Waals surface area contributed by atoms with Crippen molar-refractivity contribution in [3.05, 3.63) is 58.7 Å². The molecule has 1 heterocycles. The first-order valence-electron chi connectivity index (χ1n) is 12.1. The summed E-state index contributed by atoms with van der Waals surface area (Å²) >= 11 is 0. The van der Waals surface area contributed by atoms with Crippen molar-refractivity contribution in [2.75, 3.05) is 26.3 Å². The predicted octanol–water partition coefficient (Wildman–Crippen LogP) is 6.87. The zero-order valence-corrected chi connectivity index (χ0v) is 20.3. The van der Waals surface area contributed by atoms with Crippen LogP contribution >= 0.6 is 0 Å². The molecule has 4 nitrogen and oxygen atoms in total. The van der Waals surface area contributed by atoms with Gasteiger partial charge in [0.15, 0.2) is 0 Å². The molecule has 1 unspecified atom stereocenters. The molecule has 1 aromatic carbocycles. The van der Waals surface area contributed by atoms with E-state index in [0.29, 0.717) is 25.1 Å². The third-order valence-electron chi connectivity index (χ3n) is 6.68. The molecule has 3 rings (SSSR count). The van der Waals surface area contributed by atoms with Crippen molar-refractivity contribution in [1.29, 1.82) is 0 Å². The molecule has 0 spiro atoms. The van der Waals surface area contributed by atoms with Crippen LogP contribution in [-0.4, -0.2) is 42.7 Å². The van der Waals surface area contributed by atoms with Gasteiger partial charge in [-0.3, -0.25) is 9.69 Å². The summed E-state index contributed by atoms with van der Waals surface area (Å²) in [5.41, 5.74) is -2.78. The van der Waals surface area contributed by atoms with E-state index < -0.39 is 41.1 Å². The highest BCUT2D eigenvalue weighted by Gasteiger charge is 2.43. The zero-order chi connectivity index (χ0) is 26.6. The number of rotatable bonds is 8. The average molecular weight is 520 g/mol. The van der Waals surface area contributed by atoms with Gasteiger partial charge in [-0.25, -0.2) is 0 Å². The van der Waals surface area contributed by atoms with Crippen LogP contribution in [0, 0.1) is 0 Å². The largest absolute Gasteiger partial charge is 0.465 e. The van der Waals surface area contributed by atoms with Crippen molar-refractivity contribution in [2.24, 2.45) is 0 Å². The quantitative estimate of drug-likeness (QED) is 0.278. The Balaban J connectivity index is 1.92. The van der Waals surface area contributed by atoms with Gasteiger partial charge < -0.3 is 9.47 Å². The van der Waals surface area contributed by atoms with Gasteiger partial charge in [-0.2, -0.15) is 26.3 Å². The first-order chi connectivity index (χ1) is 16.9. The van der Waals surface area contributed by atoms with Gasteiger partial charge in [0.05, 0.1) is 42.5 Å². The molecule has 2 atom stereocenters. The van der Waals surface area contributed by atoms with E-state index >= 15 is 0 Å². The maximum atomic E-state index is 13.3. The lowest BCUT2D eigenvalue weighted by Crippen LogP contribution is -2.57. The van der Waals surface area contributed by atoms with Gasteiger partial charge in [0.1, 0.15) is 0 Å². The number of esters is 1. The van der Waals surface area contributed by atoms with E-state index in [1.54, 1.807) is 6.92 Å². The lowest BCUT2D eigenvalue weighted by molar-refractivity contribution is -0.147. The second kappa shape index (κ2) is 11.4. The summed E-state index contributed by atoms with van der Waals surface area (Å²) in [5.74, 6) is -0.398. The highest BCUT2D eigenvalue weighted by Crippen LogP contribution is 2.41. The Kier molecular flexibility index (Phi) is 8.93. The molecule has 1 aliphatic heterocycles. The van der Waals surface area contributed by atoms with Crippen LogP contribution in [-0.2, 0) is 26.6 Å². The summed E-state index contributed by atoms with van der Waals surface area (Å²) < 4.78 is 91.2. The number of hydrogen-bond donors (Lipinski definition) is 0. The fourth-order valence-electron chi connectivity index (χ4n) is 4.79. The second-order valence-corrected chi connectivity index (χ2v) is 9.15. The van der Waals surface area contributed by atoms with Crippen molar-refractivity contribution in [3.8, 4) is 0 Å². The van der Waals surface area contributed by atoms with E-state index in [2.05, 4.69) is 6.08 Å². The molecule has 0 saturated carbocycles. The molecule has 0 aromatic heterocycles. The van der Waals surface area contributed by atoms with E-state index in [-0.39, 0.29) is 31.4 Å². The Morgan fingerprint density at radius 3 is 2.28 bits per heavy atom. The van der Waals surface area contributed by atoms with Gasteiger partial charge in [-0.1, -0.05) is 18.2 Å². The minimum atomic E-state index is -4.94. The molecule has 0 bridgehead atoms. The van der Waals surface area contributed by atoms with Gasteiger partial charge in [-0.15, -0.1) is 0 Å². The summed E-state index contributed by atoms with van der Waals surface area (Å²) in [7, 11) is 0. The summed E-state index contributed by atoms with van der Waals surface area (Å²) in [6, 6.07) is 1.50. The maximum Gasteiger partial charge on any atom is 0.416 e. The van der Waals surface area contributed by atoms with Crippen LogP contribution in [0.5, 0.6) is 0 Å². The van der Waals surface area contributed by atoms with Crippen LogP contribution in [0.4, 0.5) is 26.3 Å². The average Bonchev–Trinajstić information content (AvgIpc) is 2.82. The van der Waals surface area contributed by atoms with Crippen LogP contribution in [0.1, 0.15) is 68.7 Å². The maximum absolute atomic E-state index is 13.3.